The molecule has 0 spiro atoms. The fraction of sp³-hybridized carbons (Fsp3) is 0.421. The summed E-state index contributed by atoms with van der Waals surface area (Å²) in [5, 5.41) is 4.18. The molecular formula is C19H26N2OS. The number of rotatable bonds is 7. The van der Waals surface area contributed by atoms with Gasteiger partial charge in [0, 0.05) is 13.1 Å². The molecule has 0 N–H and O–H groups in total. The van der Waals surface area contributed by atoms with Crippen molar-refractivity contribution in [2.75, 3.05) is 20.6 Å². The molecule has 0 radical (unpaired) electrons. The maximum atomic E-state index is 13.2. The van der Waals surface area contributed by atoms with Crippen LogP contribution in [0.4, 0.5) is 0 Å². The Bertz CT molecular complexity index is 622. The van der Waals surface area contributed by atoms with Crippen LogP contribution in [0.5, 0.6) is 0 Å². The molecule has 1 aromatic carbocycles. The number of hydrogen-bond donors (Lipinski definition) is 0. The van der Waals surface area contributed by atoms with Gasteiger partial charge in [0.2, 0.25) is 5.91 Å². The van der Waals surface area contributed by atoms with E-state index in [0.29, 0.717) is 6.54 Å². The summed E-state index contributed by atoms with van der Waals surface area (Å²) in [4.78, 5) is 17.2. The molecule has 23 heavy (non-hydrogen) atoms. The van der Waals surface area contributed by atoms with Gasteiger partial charge in [-0.15, -0.1) is 0 Å². The number of hydrogen-bond acceptors (Lipinski definition) is 3. The van der Waals surface area contributed by atoms with Crippen molar-refractivity contribution < 1.29 is 4.79 Å². The van der Waals surface area contributed by atoms with Gasteiger partial charge in [0.15, 0.2) is 0 Å². The molecule has 0 aliphatic carbocycles. The van der Waals surface area contributed by atoms with E-state index in [2.05, 4.69) is 42.8 Å². The molecule has 0 unspecified atom stereocenters. The SMILES string of the molecule is CCCN(Cc1ccsc1)C(=O)[C@@H](c1ccccc1C)N(C)C. The number of aryl methyl sites for hydroxylation is 1. The molecule has 0 bridgehead atoms. The molecule has 3 nitrogen and oxygen atoms in total. The lowest BCUT2D eigenvalue weighted by atomic mass is 9.99. The van der Waals surface area contributed by atoms with Gasteiger partial charge in [-0.2, -0.15) is 11.3 Å². The van der Waals surface area contributed by atoms with Crippen molar-refractivity contribution >= 4 is 17.2 Å². The van der Waals surface area contributed by atoms with Gasteiger partial charge < -0.3 is 4.90 Å². The molecule has 1 aromatic heterocycles. The molecule has 0 saturated carbocycles. The summed E-state index contributed by atoms with van der Waals surface area (Å²) in [6.07, 6.45) is 0.962. The van der Waals surface area contributed by atoms with Crippen LogP contribution < -0.4 is 0 Å². The number of thiophene rings is 1. The van der Waals surface area contributed by atoms with Crippen molar-refractivity contribution in [2.45, 2.75) is 32.9 Å². The van der Waals surface area contributed by atoms with Gasteiger partial charge in [-0.25, -0.2) is 0 Å². The molecule has 0 aliphatic rings. The van der Waals surface area contributed by atoms with Gasteiger partial charge in [0.1, 0.15) is 6.04 Å². The average Bonchev–Trinajstić information content (AvgIpc) is 3.01. The van der Waals surface area contributed by atoms with E-state index in [4.69, 9.17) is 0 Å². The van der Waals surface area contributed by atoms with Crippen molar-refractivity contribution in [2.24, 2.45) is 0 Å². The van der Waals surface area contributed by atoms with Crippen LogP contribution in [-0.4, -0.2) is 36.3 Å². The number of amides is 1. The predicted molar refractivity (Wildman–Crippen MR) is 97.6 cm³/mol. The maximum Gasteiger partial charge on any atom is 0.244 e. The first-order valence-corrected chi connectivity index (χ1v) is 9.00. The van der Waals surface area contributed by atoms with E-state index in [1.807, 2.05) is 36.0 Å². The number of carbonyl (C=O) groups excluding carboxylic acids is 1. The van der Waals surface area contributed by atoms with Gasteiger partial charge in [0.05, 0.1) is 0 Å². The van der Waals surface area contributed by atoms with Crippen molar-refractivity contribution in [3.8, 4) is 0 Å². The number of nitrogens with zero attached hydrogens (tertiary/aromatic N) is 2. The summed E-state index contributed by atoms with van der Waals surface area (Å²) in [6, 6.07) is 10.0. The van der Waals surface area contributed by atoms with E-state index in [0.717, 1.165) is 24.1 Å². The topological polar surface area (TPSA) is 23.6 Å². The Morgan fingerprint density at radius 2 is 1.96 bits per heavy atom. The van der Waals surface area contributed by atoms with Gasteiger partial charge in [-0.05, 0) is 61.0 Å². The number of likely N-dealkylation sites (N-methyl/N-ethyl adjacent to an activating group) is 1. The Kier molecular flexibility index (Phi) is 6.37. The largest absolute Gasteiger partial charge is 0.337 e. The Balaban J connectivity index is 2.29. The van der Waals surface area contributed by atoms with Crippen LogP contribution in [-0.2, 0) is 11.3 Å². The zero-order valence-corrected chi connectivity index (χ0v) is 15.3. The minimum absolute atomic E-state index is 0.178. The monoisotopic (exact) mass is 330 g/mol. The van der Waals surface area contributed by atoms with Crippen LogP contribution in [0.15, 0.2) is 41.1 Å². The first-order valence-electron chi connectivity index (χ1n) is 8.06. The molecule has 0 fully saturated rings. The average molecular weight is 330 g/mol. The lowest BCUT2D eigenvalue weighted by molar-refractivity contribution is -0.137. The van der Waals surface area contributed by atoms with Gasteiger partial charge in [-0.1, -0.05) is 31.2 Å². The van der Waals surface area contributed by atoms with Crippen LogP contribution in [0.3, 0.4) is 0 Å². The Labute approximate surface area is 143 Å². The molecule has 1 amide bonds. The first kappa shape index (κ1) is 17.7. The fourth-order valence-corrected chi connectivity index (χ4v) is 3.50. The van der Waals surface area contributed by atoms with Crippen LogP contribution in [0, 0.1) is 6.92 Å². The second-order valence-corrected chi connectivity index (χ2v) is 6.89. The van der Waals surface area contributed by atoms with Crippen molar-refractivity contribution in [3.63, 3.8) is 0 Å². The summed E-state index contributed by atoms with van der Waals surface area (Å²) >= 11 is 1.68. The van der Waals surface area contributed by atoms with Crippen molar-refractivity contribution in [3.05, 3.63) is 57.8 Å². The highest BCUT2D eigenvalue weighted by atomic mass is 32.1. The molecular weight excluding hydrogens is 304 g/mol. The predicted octanol–water partition coefficient (Wildman–Crippen LogP) is 4.10. The normalized spacial score (nSPS) is 12.4. The molecule has 0 aliphatic heterocycles. The Morgan fingerprint density at radius 1 is 1.22 bits per heavy atom. The van der Waals surface area contributed by atoms with Crippen LogP contribution >= 0.6 is 11.3 Å². The highest BCUT2D eigenvalue weighted by Crippen LogP contribution is 2.25. The van der Waals surface area contributed by atoms with E-state index in [1.165, 1.54) is 5.56 Å². The second kappa shape index (κ2) is 8.27. The maximum absolute atomic E-state index is 13.2. The zero-order chi connectivity index (χ0) is 16.8. The summed E-state index contributed by atoms with van der Waals surface area (Å²) in [5.74, 6) is 0.178. The van der Waals surface area contributed by atoms with E-state index in [1.54, 1.807) is 11.3 Å². The summed E-state index contributed by atoms with van der Waals surface area (Å²) in [5.41, 5.74) is 3.46. The van der Waals surface area contributed by atoms with E-state index in [-0.39, 0.29) is 11.9 Å². The first-order chi connectivity index (χ1) is 11.0. The third-order valence-electron chi connectivity index (χ3n) is 3.99. The standard InChI is InChI=1S/C19H26N2OS/c1-5-11-21(13-16-10-12-23-14-16)19(22)18(20(3)4)17-9-7-6-8-15(17)2/h6-10,12,14,18H,5,11,13H2,1-4H3/t18-/m1/s1. The lowest BCUT2D eigenvalue weighted by Gasteiger charge is -2.31. The zero-order valence-electron chi connectivity index (χ0n) is 14.5. The molecule has 4 heteroatoms. The fourth-order valence-electron chi connectivity index (χ4n) is 2.84. The minimum Gasteiger partial charge on any atom is -0.337 e. The number of carbonyl (C=O) groups is 1. The smallest absolute Gasteiger partial charge is 0.244 e. The Hall–Kier alpha value is -1.65. The molecule has 1 atom stereocenters. The highest BCUT2D eigenvalue weighted by molar-refractivity contribution is 7.07. The minimum atomic E-state index is -0.235. The molecule has 1 heterocycles. The van der Waals surface area contributed by atoms with Crippen molar-refractivity contribution in [1.29, 1.82) is 0 Å². The van der Waals surface area contributed by atoms with E-state index >= 15 is 0 Å². The third kappa shape index (κ3) is 4.43. The Morgan fingerprint density at radius 3 is 2.52 bits per heavy atom. The van der Waals surface area contributed by atoms with Gasteiger partial charge in [-0.3, -0.25) is 9.69 Å². The van der Waals surface area contributed by atoms with E-state index in [9.17, 15) is 4.79 Å². The second-order valence-electron chi connectivity index (χ2n) is 6.11. The van der Waals surface area contributed by atoms with Crippen LogP contribution in [0.25, 0.3) is 0 Å². The molecule has 2 aromatic rings. The molecule has 2 rings (SSSR count). The van der Waals surface area contributed by atoms with E-state index < -0.39 is 0 Å². The third-order valence-corrected chi connectivity index (χ3v) is 4.72. The summed E-state index contributed by atoms with van der Waals surface area (Å²) in [7, 11) is 3.95. The summed E-state index contributed by atoms with van der Waals surface area (Å²) < 4.78 is 0. The van der Waals surface area contributed by atoms with Crippen LogP contribution in [0.1, 0.15) is 36.1 Å². The molecule has 0 saturated heterocycles. The lowest BCUT2D eigenvalue weighted by Crippen LogP contribution is -2.40. The quantitative estimate of drug-likeness (QED) is 0.763. The van der Waals surface area contributed by atoms with Crippen LogP contribution in [0.2, 0.25) is 0 Å². The highest BCUT2D eigenvalue weighted by Gasteiger charge is 2.28. The van der Waals surface area contributed by atoms with Gasteiger partial charge in [0.25, 0.3) is 0 Å². The van der Waals surface area contributed by atoms with Crippen molar-refractivity contribution in [1.82, 2.24) is 9.80 Å². The molecule has 124 valence electrons. The van der Waals surface area contributed by atoms with Gasteiger partial charge >= 0.3 is 0 Å². The summed E-state index contributed by atoms with van der Waals surface area (Å²) in [6.45, 7) is 5.66. The number of benzene rings is 1.